The molecule has 0 saturated carbocycles. The van der Waals surface area contributed by atoms with E-state index in [1.54, 1.807) is 55.6 Å². The number of ether oxygens (including phenoxy) is 2. The Hall–Kier alpha value is -3.19. The van der Waals surface area contributed by atoms with Crippen LogP contribution in [0.5, 0.6) is 11.5 Å². The zero-order chi connectivity index (χ0) is 19.4. The number of methoxy groups -OCH3 is 1. The second-order valence-corrected chi connectivity index (χ2v) is 6.05. The van der Waals surface area contributed by atoms with Crippen molar-refractivity contribution in [3.05, 3.63) is 59.7 Å². The summed E-state index contributed by atoms with van der Waals surface area (Å²) in [4.78, 5) is 26.6. The summed E-state index contributed by atoms with van der Waals surface area (Å²) in [7, 11) is 1.57. The van der Waals surface area contributed by atoms with Gasteiger partial charge in [0.05, 0.1) is 19.4 Å². The Morgan fingerprint density at radius 2 is 1.85 bits per heavy atom. The molecule has 2 aromatic rings. The number of carbonyl (C=O) groups is 2. The molecule has 1 fully saturated rings. The van der Waals surface area contributed by atoms with Gasteiger partial charge in [-0.1, -0.05) is 18.2 Å². The number of nitrogens with zero attached hydrogens (tertiary/aromatic N) is 1. The van der Waals surface area contributed by atoms with Crippen LogP contribution < -0.4 is 19.7 Å². The van der Waals surface area contributed by atoms with Gasteiger partial charge >= 0.3 is 0 Å². The van der Waals surface area contributed by atoms with Gasteiger partial charge < -0.3 is 9.47 Å². The number of rotatable bonds is 5. The van der Waals surface area contributed by atoms with Crippen molar-refractivity contribution < 1.29 is 19.1 Å². The van der Waals surface area contributed by atoms with E-state index in [9.17, 15) is 9.59 Å². The normalized spacial score (nSPS) is 15.7. The molecule has 2 aromatic carbocycles. The molecule has 1 heterocycles. The van der Waals surface area contributed by atoms with Crippen LogP contribution in [0.15, 0.2) is 54.1 Å². The Balaban J connectivity index is 1.95. The fraction of sp³-hybridized carbons (Fsp3) is 0.150. The number of amides is 2. The number of hydrogen-bond donors (Lipinski definition) is 1. The van der Waals surface area contributed by atoms with Gasteiger partial charge in [-0.15, -0.1) is 0 Å². The number of carbonyl (C=O) groups excluding carboxylic acids is 2. The van der Waals surface area contributed by atoms with Crippen molar-refractivity contribution >= 4 is 40.9 Å². The summed E-state index contributed by atoms with van der Waals surface area (Å²) in [5, 5.41) is 2.60. The van der Waals surface area contributed by atoms with Crippen LogP contribution >= 0.6 is 12.2 Å². The molecule has 7 heteroatoms. The van der Waals surface area contributed by atoms with Gasteiger partial charge in [-0.25, -0.2) is 0 Å². The Kier molecular flexibility index (Phi) is 5.52. The van der Waals surface area contributed by atoms with Crippen LogP contribution in [0.4, 0.5) is 5.69 Å². The molecule has 6 nitrogen and oxygen atoms in total. The third-order valence-corrected chi connectivity index (χ3v) is 4.20. The first kappa shape index (κ1) is 18.6. The van der Waals surface area contributed by atoms with Crippen molar-refractivity contribution in [3.63, 3.8) is 0 Å². The molecule has 27 heavy (non-hydrogen) atoms. The van der Waals surface area contributed by atoms with Crippen LogP contribution in [0.2, 0.25) is 0 Å². The molecule has 3 rings (SSSR count). The van der Waals surface area contributed by atoms with Gasteiger partial charge in [0.2, 0.25) is 0 Å². The molecule has 1 aliphatic rings. The van der Waals surface area contributed by atoms with Gasteiger partial charge in [0, 0.05) is 6.07 Å². The Morgan fingerprint density at radius 3 is 2.52 bits per heavy atom. The van der Waals surface area contributed by atoms with Gasteiger partial charge in [-0.3, -0.25) is 19.8 Å². The molecule has 1 aliphatic heterocycles. The largest absolute Gasteiger partial charge is 0.497 e. The lowest BCUT2D eigenvalue weighted by Crippen LogP contribution is -2.54. The van der Waals surface area contributed by atoms with Crippen molar-refractivity contribution in [1.82, 2.24) is 5.32 Å². The zero-order valence-electron chi connectivity index (χ0n) is 14.9. The molecule has 0 aliphatic carbocycles. The van der Waals surface area contributed by atoms with Gasteiger partial charge in [-0.05, 0) is 55.0 Å². The number of hydrogen-bond acceptors (Lipinski definition) is 5. The second kappa shape index (κ2) is 8.01. The van der Waals surface area contributed by atoms with Crippen LogP contribution in [0.1, 0.15) is 12.5 Å². The highest BCUT2D eigenvalue weighted by atomic mass is 32.1. The summed E-state index contributed by atoms with van der Waals surface area (Å²) in [5.41, 5.74) is 1.22. The van der Waals surface area contributed by atoms with Gasteiger partial charge in [0.1, 0.15) is 17.1 Å². The van der Waals surface area contributed by atoms with E-state index in [4.69, 9.17) is 21.7 Å². The van der Waals surface area contributed by atoms with E-state index < -0.39 is 11.8 Å². The van der Waals surface area contributed by atoms with Gasteiger partial charge in [0.25, 0.3) is 11.8 Å². The topological polar surface area (TPSA) is 67.9 Å². The Bertz CT molecular complexity index is 922. The smallest absolute Gasteiger partial charge is 0.270 e. The molecule has 1 saturated heterocycles. The molecule has 0 unspecified atom stereocenters. The number of anilines is 1. The third kappa shape index (κ3) is 3.98. The summed E-state index contributed by atoms with van der Waals surface area (Å²) in [5.74, 6) is 0.279. The van der Waals surface area contributed by atoms with Crippen LogP contribution in [-0.4, -0.2) is 30.6 Å². The summed E-state index contributed by atoms with van der Waals surface area (Å²) >= 11 is 5.21. The van der Waals surface area contributed by atoms with E-state index >= 15 is 0 Å². The van der Waals surface area contributed by atoms with Crippen molar-refractivity contribution in [2.24, 2.45) is 0 Å². The van der Waals surface area contributed by atoms with E-state index in [0.29, 0.717) is 29.4 Å². The minimum absolute atomic E-state index is 0.00409. The number of thiocarbonyl (C=S) groups is 1. The van der Waals surface area contributed by atoms with Gasteiger partial charge in [-0.2, -0.15) is 0 Å². The molecule has 0 spiro atoms. The maximum absolute atomic E-state index is 13.0. The average Bonchev–Trinajstić information content (AvgIpc) is 2.66. The molecule has 0 bridgehead atoms. The van der Waals surface area contributed by atoms with E-state index in [2.05, 4.69) is 5.32 Å². The maximum Gasteiger partial charge on any atom is 0.270 e. The quantitative estimate of drug-likeness (QED) is 0.489. The Morgan fingerprint density at radius 1 is 1.11 bits per heavy atom. The third-order valence-electron chi connectivity index (χ3n) is 3.92. The van der Waals surface area contributed by atoms with Crippen molar-refractivity contribution in [1.29, 1.82) is 0 Å². The minimum atomic E-state index is -0.530. The summed E-state index contributed by atoms with van der Waals surface area (Å²) < 4.78 is 10.6. The fourth-order valence-electron chi connectivity index (χ4n) is 2.64. The first-order valence-corrected chi connectivity index (χ1v) is 8.72. The Labute approximate surface area is 162 Å². The highest BCUT2D eigenvalue weighted by Crippen LogP contribution is 2.26. The molecule has 2 amide bonds. The van der Waals surface area contributed by atoms with Crippen molar-refractivity contribution in [3.8, 4) is 11.5 Å². The van der Waals surface area contributed by atoms with E-state index in [1.807, 2.05) is 6.92 Å². The number of nitrogens with one attached hydrogen (secondary N) is 1. The average molecular weight is 382 g/mol. The first-order chi connectivity index (χ1) is 13.0. The first-order valence-electron chi connectivity index (χ1n) is 8.32. The molecule has 138 valence electrons. The molecular weight excluding hydrogens is 364 g/mol. The second-order valence-electron chi connectivity index (χ2n) is 5.66. The van der Waals surface area contributed by atoms with E-state index in [0.717, 1.165) is 0 Å². The number of benzene rings is 2. The fourth-order valence-corrected chi connectivity index (χ4v) is 2.92. The predicted octanol–water partition coefficient (Wildman–Crippen LogP) is 2.93. The predicted molar refractivity (Wildman–Crippen MR) is 107 cm³/mol. The molecule has 1 N–H and O–H groups in total. The van der Waals surface area contributed by atoms with Crippen LogP contribution in [0.25, 0.3) is 6.08 Å². The highest BCUT2D eigenvalue weighted by Gasteiger charge is 2.34. The maximum atomic E-state index is 13.0. The lowest BCUT2D eigenvalue weighted by Gasteiger charge is -2.29. The summed E-state index contributed by atoms with van der Waals surface area (Å²) in [6, 6.07) is 14.0. The van der Waals surface area contributed by atoms with Crippen LogP contribution in [0, 0.1) is 0 Å². The zero-order valence-corrected chi connectivity index (χ0v) is 15.7. The van der Waals surface area contributed by atoms with Crippen molar-refractivity contribution in [2.75, 3.05) is 18.6 Å². The molecule has 0 aromatic heterocycles. The lowest BCUT2D eigenvalue weighted by molar-refractivity contribution is -0.122. The lowest BCUT2D eigenvalue weighted by atomic mass is 10.1. The van der Waals surface area contributed by atoms with Crippen LogP contribution in [-0.2, 0) is 9.59 Å². The summed E-state index contributed by atoms with van der Waals surface area (Å²) in [6.45, 7) is 2.38. The molecular formula is C20H18N2O4S. The monoisotopic (exact) mass is 382 g/mol. The van der Waals surface area contributed by atoms with Crippen LogP contribution in [0.3, 0.4) is 0 Å². The molecule has 0 atom stereocenters. The molecule has 0 radical (unpaired) electrons. The minimum Gasteiger partial charge on any atom is -0.497 e. The SMILES string of the molecule is CCOc1cccc(N2C(=O)C(=Cc3ccc(OC)cc3)C(=O)NC2=S)c1. The van der Waals surface area contributed by atoms with E-state index in [-0.39, 0.29) is 10.7 Å². The highest BCUT2D eigenvalue weighted by molar-refractivity contribution is 7.80. The summed E-state index contributed by atoms with van der Waals surface area (Å²) in [6.07, 6.45) is 1.53. The standard InChI is InChI=1S/C20H18N2O4S/c1-3-26-16-6-4-5-14(12-16)22-19(24)17(18(23)21-20(22)27)11-13-7-9-15(25-2)10-8-13/h4-12H,3H2,1-2H3,(H,21,23,27). The van der Waals surface area contributed by atoms with Crippen molar-refractivity contribution in [2.45, 2.75) is 6.92 Å². The van der Waals surface area contributed by atoms with Gasteiger partial charge in [0.15, 0.2) is 5.11 Å². The van der Waals surface area contributed by atoms with E-state index in [1.165, 1.54) is 11.0 Å².